The Morgan fingerprint density at radius 2 is 2.20 bits per heavy atom. The van der Waals surface area contributed by atoms with Crippen LogP contribution in [0.3, 0.4) is 0 Å². The molecule has 2 N–H and O–H groups in total. The van der Waals surface area contributed by atoms with Gasteiger partial charge in [0.15, 0.2) is 0 Å². The number of hydrogen-bond donors (Lipinski definition) is 1. The Kier molecular flexibility index (Phi) is 2.80. The van der Waals surface area contributed by atoms with Gasteiger partial charge in [0.25, 0.3) is 0 Å². The minimum Gasteiger partial charge on any atom is -0.398 e. The van der Waals surface area contributed by atoms with Gasteiger partial charge in [-0.05, 0) is 34.7 Å². The van der Waals surface area contributed by atoms with Crippen LogP contribution in [0.1, 0.15) is 5.56 Å². The molecule has 1 rings (SSSR count). The molecule has 0 aliphatic heterocycles. The van der Waals surface area contributed by atoms with Gasteiger partial charge < -0.3 is 5.73 Å². The van der Waals surface area contributed by atoms with E-state index in [2.05, 4.69) is 22.6 Å². The average molecular weight is 267 g/mol. The van der Waals surface area contributed by atoms with Gasteiger partial charge in [-0.1, -0.05) is 6.07 Å². The third-order valence-corrected chi connectivity index (χ3v) is 2.57. The zero-order valence-electron chi connectivity index (χ0n) is 5.27. The topological polar surface area (TPSA) is 26.0 Å². The fourth-order valence-electron chi connectivity index (χ4n) is 0.716. The Bertz CT molecular complexity index is 217. The van der Waals surface area contributed by atoms with Crippen molar-refractivity contribution >= 4 is 39.9 Å². The molecule has 0 bridgehead atoms. The van der Waals surface area contributed by atoms with Crippen LogP contribution in [0.4, 0.5) is 5.69 Å². The maximum atomic E-state index is 5.65. The van der Waals surface area contributed by atoms with Crippen LogP contribution >= 0.6 is 34.2 Å². The zero-order valence-corrected chi connectivity index (χ0v) is 8.19. The molecule has 0 unspecified atom stereocenters. The molecule has 1 nitrogen and oxygen atoms in total. The molecule has 0 saturated heterocycles. The van der Waals surface area contributed by atoms with Gasteiger partial charge in [0, 0.05) is 14.8 Å². The molecule has 0 spiro atoms. The summed E-state index contributed by atoms with van der Waals surface area (Å²) in [5.41, 5.74) is 7.45. The average Bonchev–Trinajstić information content (AvgIpc) is 1.88. The minimum absolute atomic E-state index is 0.491. The third kappa shape index (κ3) is 1.55. The van der Waals surface area contributed by atoms with Crippen molar-refractivity contribution in [3.63, 3.8) is 0 Å². The molecule has 0 amide bonds. The normalized spacial score (nSPS) is 9.80. The Hall–Kier alpha value is 0.0400. The van der Waals surface area contributed by atoms with Crippen LogP contribution in [0.15, 0.2) is 18.2 Å². The lowest BCUT2D eigenvalue weighted by atomic mass is 10.2. The number of benzene rings is 1. The monoisotopic (exact) mass is 267 g/mol. The van der Waals surface area contributed by atoms with Gasteiger partial charge in [-0.3, -0.25) is 0 Å². The number of nitrogen functional groups attached to an aromatic ring is 1. The summed E-state index contributed by atoms with van der Waals surface area (Å²) in [4.78, 5) is 0. The number of halogens is 2. The van der Waals surface area contributed by atoms with Gasteiger partial charge in [0.2, 0.25) is 0 Å². The molecule has 0 atom stereocenters. The van der Waals surface area contributed by atoms with Crippen molar-refractivity contribution in [2.45, 2.75) is 5.88 Å². The second-order valence-electron chi connectivity index (χ2n) is 1.94. The first kappa shape index (κ1) is 8.14. The van der Waals surface area contributed by atoms with E-state index in [1.165, 1.54) is 0 Å². The van der Waals surface area contributed by atoms with Crippen molar-refractivity contribution < 1.29 is 0 Å². The van der Waals surface area contributed by atoms with E-state index in [1.54, 1.807) is 0 Å². The van der Waals surface area contributed by atoms with Gasteiger partial charge in [0.05, 0.1) is 5.88 Å². The van der Waals surface area contributed by atoms with E-state index < -0.39 is 0 Å². The molecule has 0 aliphatic carbocycles. The highest BCUT2D eigenvalue weighted by atomic mass is 127. The van der Waals surface area contributed by atoms with Crippen LogP contribution in [-0.2, 0) is 5.88 Å². The van der Waals surface area contributed by atoms with Crippen molar-refractivity contribution in [1.29, 1.82) is 0 Å². The van der Waals surface area contributed by atoms with Crippen LogP contribution < -0.4 is 5.73 Å². The van der Waals surface area contributed by atoms with E-state index >= 15 is 0 Å². The van der Waals surface area contributed by atoms with Crippen LogP contribution in [0.2, 0.25) is 0 Å². The second kappa shape index (κ2) is 3.44. The van der Waals surface area contributed by atoms with Crippen molar-refractivity contribution in [1.82, 2.24) is 0 Å². The minimum atomic E-state index is 0.491. The number of hydrogen-bond acceptors (Lipinski definition) is 1. The SMILES string of the molecule is Nc1cccc(I)c1CCl. The quantitative estimate of drug-likeness (QED) is 0.472. The molecular weight excluding hydrogens is 260 g/mol. The lowest BCUT2D eigenvalue weighted by Gasteiger charge is -2.02. The summed E-state index contributed by atoms with van der Waals surface area (Å²) < 4.78 is 1.13. The maximum absolute atomic E-state index is 5.65. The first-order valence-corrected chi connectivity index (χ1v) is 4.46. The number of alkyl halides is 1. The summed E-state index contributed by atoms with van der Waals surface area (Å²) in [5.74, 6) is 0.491. The highest BCUT2D eigenvalue weighted by molar-refractivity contribution is 14.1. The van der Waals surface area contributed by atoms with Crippen LogP contribution in [-0.4, -0.2) is 0 Å². The molecule has 0 saturated carbocycles. The van der Waals surface area contributed by atoms with Gasteiger partial charge in [-0.15, -0.1) is 11.6 Å². The summed E-state index contributed by atoms with van der Waals surface area (Å²) in [6, 6.07) is 5.78. The molecule has 54 valence electrons. The van der Waals surface area contributed by atoms with Gasteiger partial charge >= 0.3 is 0 Å². The first-order chi connectivity index (χ1) is 4.75. The highest BCUT2D eigenvalue weighted by Gasteiger charge is 1.99. The lowest BCUT2D eigenvalue weighted by molar-refractivity contribution is 1.37. The van der Waals surface area contributed by atoms with Crippen LogP contribution in [0.25, 0.3) is 0 Å². The molecular formula is C7H7ClIN. The fourth-order valence-corrected chi connectivity index (χ4v) is 1.95. The molecule has 0 heterocycles. The molecule has 0 aromatic heterocycles. The number of nitrogens with two attached hydrogens (primary N) is 1. The van der Waals surface area contributed by atoms with Gasteiger partial charge in [-0.25, -0.2) is 0 Å². The maximum Gasteiger partial charge on any atom is 0.0504 e. The summed E-state index contributed by atoms with van der Waals surface area (Å²) >= 11 is 7.87. The summed E-state index contributed by atoms with van der Waals surface area (Å²) in [6.07, 6.45) is 0. The Balaban J connectivity index is 3.17. The van der Waals surface area contributed by atoms with Crippen molar-refractivity contribution in [3.8, 4) is 0 Å². The molecule has 1 aromatic carbocycles. The molecule has 0 aliphatic rings. The Morgan fingerprint density at radius 3 is 2.60 bits per heavy atom. The van der Waals surface area contributed by atoms with Crippen LogP contribution in [0, 0.1) is 3.57 Å². The van der Waals surface area contributed by atoms with E-state index in [0.717, 1.165) is 14.8 Å². The Labute approximate surface area is 78.7 Å². The fraction of sp³-hybridized carbons (Fsp3) is 0.143. The van der Waals surface area contributed by atoms with E-state index in [9.17, 15) is 0 Å². The third-order valence-electron chi connectivity index (χ3n) is 1.29. The molecule has 10 heavy (non-hydrogen) atoms. The van der Waals surface area contributed by atoms with Crippen molar-refractivity contribution in [2.24, 2.45) is 0 Å². The molecule has 1 aromatic rings. The first-order valence-electron chi connectivity index (χ1n) is 2.84. The molecule has 0 fully saturated rings. The standard InChI is InChI=1S/C7H7ClIN/c8-4-5-6(9)2-1-3-7(5)10/h1-3H,4,10H2. The largest absolute Gasteiger partial charge is 0.398 e. The number of anilines is 1. The lowest BCUT2D eigenvalue weighted by Crippen LogP contribution is -1.93. The zero-order chi connectivity index (χ0) is 7.56. The van der Waals surface area contributed by atoms with E-state index in [1.807, 2.05) is 18.2 Å². The van der Waals surface area contributed by atoms with Crippen molar-refractivity contribution in [2.75, 3.05) is 5.73 Å². The predicted octanol–water partition coefficient (Wildman–Crippen LogP) is 2.61. The summed E-state index contributed by atoms with van der Waals surface area (Å²) in [7, 11) is 0. The summed E-state index contributed by atoms with van der Waals surface area (Å²) in [6.45, 7) is 0. The summed E-state index contributed by atoms with van der Waals surface area (Å²) in [5, 5.41) is 0. The van der Waals surface area contributed by atoms with Crippen LogP contribution in [0.5, 0.6) is 0 Å². The molecule has 0 radical (unpaired) electrons. The number of rotatable bonds is 1. The van der Waals surface area contributed by atoms with Gasteiger partial charge in [0.1, 0.15) is 0 Å². The van der Waals surface area contributed by atoms with E-state index in [-0.39, 0.29) is 0 Å². The van der Waals surface area contributed by atoms with Gasteiger partial charge in [-0.2, -0.15) is 0 Å². The molecule has 3 heteroatoms. The Morgan fingerprint density at radius 1 is 1.50 bits per heavy atom. The smallest absolute Gasteiger partial charge is 0.0504 e. The second-order valence-corrected chi connectivity index (χ2v) is 3.37. The van der Waals surface area contributed by atoms with E-state index in [0.29, 0.717) is 5.88 Å². The predicted molar refractivity (Wildman–Crippen MR) is 53.1 cm³/mol. The van der Waals surface area contributed by atoms with E-state index in [4.69, 9.17) is 17.3 Å². The van der Waals surface area contributed by atoms with Crippen molar-refractivity contribution in [3.05, 3.63) is 27.3 Å². The highest BCUT2D eigenvalue weighted by Crippen LogP contribution is 2.20.